The van der Waals surface area contributed by atoms with Gasteiger partial charge < -0.3 is 5.32 Å². The molecule has 0 amide bonds. The van der Waals surface area contributed by atoms with Gasteiger partial charge >= 0.3 is 0 Å². The lowest BCUT2D eigenvalue weighted by atomic mass is 10.0. The van der Waals surface area contributed by atoms with Crippen molar-refractivity contribution in [3.63, 3.8) is 0 Å². The van der Waals surface area contributed by atoms with Crippen LogP contribution in [0.1, 0.15) is 57.2 Å². The number of rotatable bonds is 6. The topological polar surface area (TPSA) is 37.8 Å². The van der Waals surface area contributed by atoms with E-state index in [-0.39, 0.29) is 0 Å². The first-order valence-electron chi connectivity index (χ1n) is 6.85. The Hall–Kier alpha value is -0.960. The minimum Gasteiger partial charge on any atom is -0.309 e. The molecule has 3 heteroatoms. The van der Waals surface area contributed by atoms with E-state index in [1.165, 1.54) is 38.5 Å². The summed E-state index contributed by atoms with van der Waals surface area (Å²) in [6.07, 6.45) is 13.8. The molecule has 1 aliphatic carbocycles. The summed E-state index contributed by atoms with van der Waals surface area (Å²) in [5.41, 5.74) is 1.04. The second kappa shape index (κ2) is 6.70. The van der Waals surface area contributed by atoms with Crippen molar-refractivity contribution in [3.8, 4) is 0 Å². The molecule has 3 nitrogen and oxygen atoms in total. The molecule has 94 valence electrons. The summed E-state index contributed by atoms with van der Waals surface area (Å²) in [6, 6.07) is 0.312. The minimum absolute atomic E-state index is 0.312. The van der Waals surface area contributed by atoms with E-state index in [1.54, 1.807) is 12.4 Å². The maximum atomic E-state index is 4.31. The predicted octanol–water partition coefficient (Wildman–Crippen LogP) is 3.10. The molecule has 1 atom stereocenters. The maximum Gasteiger partial charge on any atom is 0.0753 e. The first-order valence-corrected chi connectivity index (χ1v) is 6.85. The van der Waals surface area contributed by atoms with Crippen LogP contribution in [0.5, 0.6) is 0 Å². The third kappa shape index (κ3) is 4.08. The lowest BCUT2D eigenvalue weighted by Crippen LogP contribution is -2.21. The van der Waals surface area contributed by atoms with Gasteiger partial charge in [0, 0.05) is 24.6 Å². The molecule has 1 heterocycles. The minimum atomic E-state index is 0.312. The third-order valence-electron chi connectivity index (χ3n) is 3.74. The quantitative estimate of drug-likeness (QED) is 0.767. The molecule has 0 aromatic carbocycles. The average Bonchev–Trinajstić information content (AvgIpc) is 2.88. The van der Waals surface area contributed by atoms with Crippen LogP contribution < -0.4 is 5.32 Å². The van der Waals surface area contributed by atoms with Crippen molar-refractivity contribution in [1.29, 1.82) is 0 Å². The molecule has 0 bridgehead atoms. The van der Waals surface area contributed by atoms with E-state index in [0.29, 0.717) is 6.04 Å². The standard InChI is InChI=1S/C14H23N3/c1-12(14-11-15-9-10-17-14)16-8-4-7-13-5-2-3-6-13/h9-13,16H,2-8H2,1H3. The van der Waals surface area contributed by atoms with E-state index in [0.717, 1.165) is 18.2 Å². The molecule has 1 aromatic rings. The van der Waals surface area contributed by atoms with Gasteiger partial charge in [0.15, 0.2) is 0 Å². The highest BCUT2D eigenvalue weighted by Crippen LogP contribution is 2.28. The van der Waals surface area contributed by atoms with Crippen LogP contribution in [-0.2, 0) is 0 Å². The van der Waals surface area contributed by atoms with Crippen molar-refractivity contribution in [2.24, 2.45) is 5.92 Å². The fourth-order valence-corrected chi connectivity index (χ4v) is 2.65. The van der Waals surface area contributed by atoms with Crippen molar-refractivity contribution in [2.45, 2.75) is 51.5 Å². The average molecular weight is 233 g/mol. The summed E-state index contributed by atoms with van der Waals surface area (Å²) >= 11 is 0. The van der Waals surface area contributed by atoms with Crippen molar-refractivity contribution >= 4 is 0 Å². The zero-order valence-corrected chi connectivity index (χ0v) is 10.7. The molecule has 0 radical (unpaired) electrons. The Morgan fingerprint density at radius 2 is 2.18 bits per heavy atom. The highest BCUT2D eigenvalue weighted by atomic mass is 14.9. The fourth-order valence-electron chi connectivity index (χ4n) is 2.65. The lowest BCUT2D eigenvalue weighted by molar-refractivity contribution is 0.454. The number of hydrogen-bond donors (Lipinski definition) is 1. The first-order chi connectivity index (χ1) is 8.36. The number of hydrogen-bond acceptors (Lipinski definition) is 3. The Bertz CT molecular complexity index is 307. The Morgan fingerprint density at radius 3 is 2.88 bits per heavy atom. The molecule has 0 saturated heterocycles. The van der Waals surface area contributed by atoms with Gasteiger partial charge in [-0.05, 0) is 32.2 Å². The van der Waals surface area contributed by atoms with Crippen LogP contribution >= 0.6 is 0 Å². The fraction of sp³-hybridized carbons (Fsp3) is 0.714. The van der Waals surface area contributed by atoms with Crippen molar-refractivity contribution in [2.75, 3.05) is 6.54 Å². The summed E-state index contributed by atoms with van der Waals surface area (Å²) in [5, 5.41) is 3.52. The normalized spacial score (nSPS) is 18.4. The molecular weight excluding hydrogens is 210 g/mol. The van der Waals surface area contributed by atoms with Crippen LogP contribution in [0.25, 0.3) is 0 Å². The van der Waals surface area contributed by atoms with Crippen molar-refractivity contribution in [3.05, 3.63) is 24.3 Å². The third-order valence-corrected chi connectivity index (χ3v) is 3.74. The van der Waals surface area contributed by atoms with E-state index in [2.05, 4.69) is 22.2 Å². The summed E-state index contributed by atoms with van der Waals surface area (Å²) < 4.78 is 0. The number of nitrogens with zero attached hydrogens (tertiary/aromatic N) is 2. The van der Waals surface area contributed by atoms with Gasteiger partial charge in [0.05, 0.1) is 5.69 Å². The zero-order valence-electron chi connectivity index (χ0n) is 10.7. The molecular formula is C14H23N3. The van der Waals surface area contributed by atoms with Crippen LogP contribution in [0.4, 0.5) is 0 Å². The monoisotopic (exact) mass is 233 g/mol. The van der Waals surface area contributed by atoms with Gasteiger partial charge in [-0.25, -0.2) is 0 Å². The van der Waals surface area contributed by atoms with E-state index in [9.17, 15) is 0 Å². The highest BCUT2D eigenvalue weighted by molar-refractivity contribution is 5.00. The Labute approximate surface area is 104 Å². The molecule has 1 saturated carbocycles. The molecule has 17 heavy (non-hydrogen) atoms. The lowest BCUT2D eigenvalue weighted by Gasteiger charge is -2.14. The van der Waals surface area contributed by atoms with Gasteiger partial charge in [-0.3, -0.25) is 9.97 Å². The van der Waals surface area contributed by atoms with Gasteiger partial charge in [0.25, 0.3) is 0 Å². The molecule has 2 rings (SSSR count). The SMILES string of the molecule is CC(NCCCC1CCCC1)c1cnccn1. The molecule has 1 unspecified atom stereocenters. The van der Waals surface area contributed by atoms with E-state index < -0.39 is 0 Å². The van der Waals surface area contributed by atoms with E-state index in [1.807, 2.05) is 6.20 Å². The first kappa shape index (κ1) is 12.5. The van der Waals surface area contributed by atoms with Crippen LogP contribution in [0.2, 0.25) is 0 Å². The van der Waals surface area contributed by atoms with Crippen LogP contribution in [0, 0.1) is 5.92 Å². The van der Waals surface area contributed by atoms with E-state index >= 15 is 0 Å². The summed E-state index contributed by atoms with van der Waals surface area (Å²) in [4.78, 5) is 8.40. The van der Waals surface area contributed by atoms with Crippen molar-refractivity contribution < 1.29 is 0 Å². The smallest absolute Gasteiger partial charge is 0.0753 e. The Kier molecular flexibility index (Phi) is 4.92. The van der Waals surface area contributed by atoms with Crippen molar-refractivity contribution in [1.82, 2.24) is 15.3 Å². The Morgan fingerprint density at radius 1 is 1.35 bits per heavy atom. The second-order valence-corrected chi connectivity index (χ2v) is 5.10. The summed E-state index contributed by atoms with van der Waals surface area (Å²) in [5.74, 6) is 1.00. The summed E-state index contributed by atoms with van der Waals surface area (Å²) in [6.45, 7) is 3.24. The highest BCUT2D eigenvalue weighted by Gasteiger charge is 2.14. The second-order valence-electron chi connectivity index (χ2n) is 5.10. The van der Waals surface area contributed by atoms with Crippen LogP contribution in [-0.4, -0.2) is 16.5 Å². The largest absolute Gasteiger partial charge is 0.309 e. The molecule has 1 N–H and O–H groups in total. The van der Waals surface area contributed by atoms with Gasteiger partial charge in [0.1, 0.15) is 0 Å². The van der Waals surface area contributed by atoms with Gasteiger partial charge in [-0.1, -0.05) is 25.7 Å². The Balaban J connectivity index is 1.61. The van der Waals surface area contributed by atoms with E-state index in [4.69, 9.17) is 0 Å². The molecule has 1 aromatic heterocycles. The van der Waals surface area contributed by atoms with Gasteiger partial charge in [-0.15, -0.1) is 0 Å². The summed E-state index contributed by atoms with van der Waals surface area (Å²) in [7, 11) is 0. The molecule has 1 aliphatic rings. The van der Waals surface area contributed by atoms with Crippen LogP contribution in [0.3, 0.4) is 0 Å². The van der Waals surface area contributed by atoms with Gasteiger partial charge in [-0.2, -0.15) is 0 Å². The number of nitrogens with one attached hydrogen (secondary N) is 1. The molecule has 0 spiro atoms. The predicted molar refractivity (Wildman–Crippen MR) is 69.6 cm³/mol. The van der Waals surface area contributed by atoms with Crippen LogP contribution in [0.15, 0.2) is 18.6 Å². The molecule has 0 aliphatic heterocycles. The van der Waals surface area contributed by atoms with Gasteiger partial charge in [0.2, 0.25) is 0 Å². The zero-order chi connectivity index (χ0) is 11.9. The maximum absolute atomic E-state index is 4.31. The number of aromatic nitrogens is 2. The molecule has 1 fully saturated rings.